The number of aliphatic carboxylic acids is 1. The highest BCUT2D eigenvalue weighted by atomic mass is 16.5. The van der Waals surface area contributed by atoms with Gasteiger partial charge >= 0.3 is 12.1 Å². The third-order valence-corrected chi connectivity index (χ3v) is 6.87. The van der Waals surface area contributed by atoms with E-state index in [4.69, 9.17) is 4.74 Å². The van der Waals surface area contributed by atoms with Gasteiger partial charge in [0.15, 0.2) is 0 Å². The number of nitrogens with one attached hydrogen (secondary N) is 1. The molecule has 180 valence electrons. The van der Waals surface area contributed by atoms with Crippen LogP contribution in [-0.4, -0.2) is 53.2 Å². The molecule has 2 aromatic rings. The fourth-order valence-electron chi connectivity index (χ4n) is 5.16. The van der Waals surface area contributed by atoms with Crippen LogP contribution in [0.1, 0.15) is 56.6 Å². The van der Waals surface area contributed by atoms with Crippen molar-refractivity contribution < 1.29 is 24.2 Å². The van der Waals surface area contributed by atoms with Gasteiger partial charge in [-0.2, -0.15) is 0 Å². The van der Waals surface area contributed by atoms with Gasteiger partial charge in [0.05, 0.1) is 6.42 Å². The summed E-state index contributed by atoms with van der Waals surface area (Å²) in [4.78, 5) is 39.0. The van der Waals surface area contributed by atoms with Gasteiger partial charge in [-0.3, -0.25) is 9.59 Å². The predicted octanol–water partition coefficient (Wildman–Crippen LogP) is 4.41. The van der Waals surface area contributed by atoms with E-state index in [0.29, 0.717) is 13.0 Å². The van der Waals surface area contributed by atoms with Crippen LogP contribution < -0.4 is 5.32 Å². The number of likely N-dealkylation sites (tertiary alicyclic amines) is 1. The molecule has 0 saturated carbocycles. The smallest absolute Gasteiger partial charge is 0.407 e. The molecular weight excluding hydrogens is 432 g/mol. The van der Waals surface area contributed by atoms with Crippen molar-refractivity contribution in [2.45, 2.75) is 57.5 Å². The first kappa shape index (κ1) is 23.8. The van der Waals surface area contributed by atoms with E-state index in [0.717, 1.165) is 35.1 Å². The molecule has 2 amide bonds. The predicted molar refractivity (Wildman–Crippen MR) is 128 cm³/mol. The summed E-state index contributed by atoms with van der Waals surface area (Å²) in [5.41, 5.74) is 4.55. The number of piperidine rings is 1. The van der Waals surface area contributed by atoms with Gasteiger partial charge in [0.1, 0.15) is 12.6 Å². The van der Waals surface area contributed by atoms with Crippen molar-refractivity contribution in [3.63, 3.8) is 0 Å². The third-order valence-electron chi connectivity index (χ3n) is 6.87. The topological polar surface area (TPSA) is 95.9 Å². The van der Waals surface area contributed by atoms with Crippen LogP contribution in [0.3, 0.4) is 0 Å². The van der Waals surface area contributed by atoms with E-state index in [2.05, 4.69) is 29.6 Å². The molecule has 7 heteroatoms. The number of rotatable bonds is 7. The van der Waals surface area contributed by atoms with E-state index in [1.165, 1.54) is 0 Å². The van der Waals surface area contributed by atoms with Gasteiger partial charge in [0, 0.05) is 18.5 Å². The number of carbonyl (C=O) groups is 3. The van der Waals surface area contributed by atoms with Gasteiger partial charge in [0.2, 0.25) is 5.91 Å². The summed E-state index contributed by atoms with van der Waals surface area (Å²) in [6.07, 6.45) is 1.67. The lowest BCUT2D eigenvalue weighted by Gasteiger charge is -2.38. The summed E-state index contributed by atoms with van der Waals surface area (Å²) in [6.45, 7) is 4.40. The third kappa shape index (κ3) is 4.93. The second kappa shape index (κ2) is 10.3. The maximum atomic E-state index is 13.3. The van der Waals surface area contributed by atoms with E-state index >= 15 is 0 Å². The molecule has 0 spiro atoms. The molecule has 2 aromatic carbocycles. The Kier molecular flexibility index (Phi) is 7.20. The van der Waals surface area contributed by atoms with E-state index in [9.17, 15) is 19.5 Å². The highest BCUT2D eigenvalue weighted by molar-refractivity contribution is 5.87. The van der Waals surface area contributed by atoms with Crippen LogP contribution in [0.25, 0.3) is 11.1 Å². The van der Waals surface area contributed by atoms with Crippen LogP contribution in [-0.2, 0) is 14.3 Å². The summed E-state index contributed by atoms with van der Waals surface area (Å²) in [5.74, 6) is -1.39. The first-order chi connectivity index (χ1) is 16.4. The number of ether oxygens (including phenoxy) is 1. The second-order valence-electron chi connectivity index (χ2n) is 9.47. The molecule has 7 nitrogen and oxygen atoms in total. The second-order valence-corrected chi connectivity index (χ2v) is 9.47. The Labute approximate surface area is 200 Å². The van der Waals surface area contributed by atoms with E-state index in [1.54, 1.807) is 4.90 Å². The number of carboxylic acids is 1. The number of fused-ring (bicyclic) bond motifs is 3. The number of hydrogen-bond donors (Lipinski definition) is 2. The zero-order valence-corrected chi connectivity index (χ0v) is 19.7. The van der Waals surface area contributed by atoms with Gasteiger partial charge < -0.3 is 20.1 Å². The van der Waals surface area contributed by atoms with Crippen molar-refractivity contribution in [2.24, 2.45) is 5.92 Å². The number of alkyl carbamates (subject to hydrolysis) is 1. The molecular formula is C27H32N2O5. The van der Waals surface area contributed by atoms with Crippen molar-refractivity contribution >= 4 is 18.0 Å². The first-order valence-electron chi connectivity index (χ1n) is 12.0. The molecule has 2 N–H and O–H groups in total. The molecule has 1 heterocycles. The van der Waals surface area contributed by atoms with Gasteiger partial charge in [-0.25, -0.2) is 4.79 Å². The summed E-state index contributed by atoms with van der Waals surface area (Å²) in [6, 6.07) is 15.1. The Hall–Kier alpha value is -3.35. The number of nitrogens with zero attached hydrogens (tertiary/aromatic N) is 1. The van der Waals surface area contributed by atoms with Gasteiger partial charge in [-0.15, -0.1) is 0 Å². The lowest BCUT2D eigenvalue weighted by atomic mass is 9.95. The Morgan fingerprint density at radius 3 is 2.24 bits per heavy atom. The number of benzene rings is 2. The summed E-state index contributed by atoms with van der Waals surface area (Å²) in [7, 11) is 0. The van der Waals surface area contributed by atoms with E-state index in [1.807, 2.05) is 38.1 Å². The van der Waals surface area contributed by atoms with Crippen LogP contribution >= 0.6 is 0 Å². The van der Waals surface area contributed by atoms with Crippen molar-refractivity contribution in [3.8, 4) is 11.1 Å². The zero-order chi connectivity index (χ0) is 24.2. The van der Waals surface area contributed by atoms with Crippen LogP contribution in [0.15, 0.2) is 48.5 Å². The number of carbonyl (C=O) groups excluding carboxylic acids is 2. The SMILES string of the molecule is CC(C)[C@H](NC(=O)OCC1c2ccccc2-c2ccccc21)C(=O)N1CCCC[C@H]1CC(=O)O. The lowest BCUT2D eigenvalue weighted by molar-refractivity contribution is -0.143. The minimum atomic E-state index is -0.921. The average molecular weight is 465 g/mol. The lowest BCUT2D eigenvalue weighted by Crippen LogP contribution is -2.55. The normalized spacial score (nSPS) is 18.2. The molecule has 2 aliphatic rings. The average Bonchev–Trinajstić information content (AvgIpc) is 3.14. The Bertz CT molecular complexity index is 1020. The first-order valence-corrected chi connectivity index (χ1v) is 12.0. The molecule has 1 saturated heterocycles. The van der Waals surface area contributed by atoms with Crippen LogP contribution in [0.4, 0.5) is 4.79 Å². The minimum absolute atomic E-state index is 0.0617. The summed E-state index contributed by atoms with van der Waals surface area (Å²) < 4.78 is 5.63. The van der Waals surface area contributed by atoms with Gasteiger partial charge in [0.25, 0.3) is 0 Å². The molecule has 0 radical (unpaired) electrons. The van der Waals surface area contributed by atoms with Crippen molar-refractivity contribution in [1.82, 2.24) is 10.2 Å². The molecule has 0 unspecified atom stereocenters. The molecule has 2 atom stereocenters. The van der Waals surface area contributed by atoms with E-state index in [-0.39, 0.29) is 36.8 Å². The molecule has 0 aromatic heterocycles. The monoisotopic (exact) mass is 464 g/mol. The summed E-state index contributed by atoms with van der Waals surface area (Å²) in [5, 5.41) is 12.0. The molecule has 1 aliphatic carbocycles. The van der Waals surface area contributed by atoms with Crippen molar-refractivity contribution in [2.75, 3.05) is 13.2 Å². The number of amides is 2. The fraction of sp³-hybridized carbons (Fsp3) is 0.444. The Balaban J connectivity index is 1.43. The van der Waals surface area contributed by atoms with Gasteiger partial charge in [-0.1, -0.05) is 62.4 Å². The van der Waals surface area contributed by atoms with Gasteiger partial charge in [-0.05, 0) is 47.4 Å². The van der Waals surface area contributed by atoms with Crippen LogP contribution in [0, 0.1) is 5.92 Å². The quantitative estimate of drug-likeness (QED) is 0.633. The highest BCUT2D eigenvalue weighted by Gasteiger charge is 2.35. The van der Waals surface area contributed by atoms with E-state index < -0.39 is 18.1 Å². The summed E-state index contributed by atoms with van der Waals surface area (Å²) >= 11 is 0. The Morgan fingerprint density at radius 2 is 1.65 bits per heavy atom. The fourth-order valence-corrected chi connectivity index (χ4v) is 5.16. The van der Waals surface area contributed by atoms with Crippen molar-refractivity contribution in [3.05, 3.63) is 59.7 Å². The maximum Gasteiger partial charge on any atom is 0.407 e. The Morgan fingerprint density at radius 1 is 1.03 bits per heavy atom. The molecule has 34 heavy (non-hydrogen) atoms. The minimum Gasteiger partial charge on any atom is -0.481 e. The maximum absolute atomic E-state index is 13.3. The van der Waals surface area contributed by atoms with Crippen LogP contribution in [0.2, 0.25) is 0 Å². The highest BCUT2D eigenvalue weighted by Crippen LogP contribution is 2.44. The molecule has 0 bridgehead atoms. The molecule has 1 fully saturated rings. The molecule has 1 aliphatic heterocycles. The van der Waals surface area contributed by atoms with Crippen molar-refractivity contribution in [1.29, 1.82) is 0 Å². The largest absolute Gasteiger partial charge is 0.481 e. The standard InChI is InChI=1S/C27H32N2O5/c1-17(2)25(26(32)29-14-8-7-9-18(29)15-24(30)31)28-27(33)34-16-23-21-12-5-3-10-19(21)20-11-4-6-13-22(20)23/h3-6,10-13,17-18,23,25H,7-9,14-16H2,1-2H3,(H,28,33)(H,30,31)/t18-,25-/m0/s1. The number of hydrogen-bond acceptors (Lipinski definition) is 4. The zero-order valence-electron chi connectivity index (χ0n) is 19.7. The van der Waals surface area contributed by atoms with Crippen LogP contribution in [0.5, 0.6) is 0 Å². The molecule has 4 rings (SSSR count). The number of carboxylic acid groups (broad SMARTS) is 1.